The van der Waals surface area contributed by atoms with Gasteiger partial charge in [0.1, 0.15) is 11.1 Å². The maximum Gasteiger partial charge on any atom is 0.172 e. The van der Waals surface area contributed by atoms with E-state index in [2.05, 4.69) is 0 Å². The van der Waals surface area contributed by atoms with Crippen LogP contribution in [0, 0.1) is 0 Å². The standard InChI is InChI=1S/C17H9Cl2NO/c18-11-6-7-15-12(8-11)16-17(21-15)13(19)9-14(20-16)10-4-2-1-3-5-10/h1-9H. The molecule has 2 aromatic carbocycles. The molecule has 0 amide bonds. The summed E-state index contributed by atoms with van der Waals surface area (Å²) in [5.74, 6) is 0. The largest absolute Gasteiger partial charge is 0.453 e. The highest BCUT2D eigenvalue weighted by atomic mass is 35.5. The Kier molecular flexibility index (Phi) is 2.88. The molecule has 4 heteroatoms. The van der Waals surface area contributed by atoms with Gasteiger partial charge in [0.05, 0.1) is 10.7 Å². The van der Waals surface area contributed by atoms with Crippen molar-refractivity contribution >= 4 is 45.3 Å². The first kappa shape index (κ1) is 12.7. The second-order valence-electron chi connectivity index (χ2n) is 4.78. The van der Waals surface area contributed by atoms with Crippen LogP contribution < -0.4 is 0 Å². The molecule has 0 fully saturated rings. The minimum Gasteiger partial charge on any atom is -0.453 e. The van der Waals surface area contributed by atoms with Crippen LogP contribution in [0.15, 0.2) is 59.0 Å². The molecule has 0 aliphatic rings. The predicted octanol–water partition coefficient (Wildman–Crippen LogP) is 5.95. The number of nitrogens with zero attached hydrogens (tertiary/aromatic N) is 1. The molecule has 0 N–H and O–H groups in total. The number of aromatic nitrogens is 1. The average molecular weight is 314 g/mol. The molecular formula is C17H9Cl2NO. The maximum atomic E-state index is 6.36. The summed E-state index contributed by atoms with van der Waals surface area (Å²) in [6, 6.07) is 17.2. The SMILES string of the molecule is Clc1ccc2oc3c(Cl)cc(-c4ccccc4)nc3c2c1. The first-order valence-corrected chi connectivity index (χ1v) is 7.22. The van der Waals surface area contributed by atoms with Crippen LogP contribution in [0.2, 0.25) is 10.0 Å². The Morgan fingerprint density at radius 2 is 1.71 bits per heavy atom. The van der Waals surface area contributed by atoms with Crippen LogP contribution in [0.1, 0.15) is 0 Å². The van der Waals surface area contributed by atoms with Gasteiger partial charge >= 0.3 is 0 Å². The minimum atomic E-state index is 0.547. The lowest BCUT2D eigenvalue weighted by Crippen LogP contribution is -1.84. The van der Waals surface area contributed by atoms with Crippen molar-refractivity contribution in [2.24, 2.45) is 0 Å². The van der Waals surface area contributed by atoms with Gasteiger partial charge in [-0.05, 0) is 24.3 Å². The monoisotopic (exact) mass is 313 g/mol. The fourth-order valence-corrected chi connectivity index (χ4v) is 2.83. The van der Waals surface area contributed by atoms with Crippen molar-refractivity contribution in [3.63, 3.8) is 0 Å². The molecule has 0 saturated carbocycles. The van der Waals surface area contributed by atoms with Crippen LogP contribution in [0.3, 0.4) is 0 Å². The number of furan rings is 1. The van der Waals surface area contributed by atoms with E-state index in [4.69, 9.17) is 32.6 Å². The Bertz CT molecular complexity index is 961. The van der Waals surface area contributed by atoms with Gasteiger partial charge in [-0.2, -0.15) is 0 Å². The van der Waals surface area contributed by atoms with E-state index in [0.29, 0.717) is 15.6 Å². The summed E-state index contributed by atoms with van der Waals surface area (Å²) in [6.45, 7) is 0. The van der Waals surface area contributed by atoms with Gasteiger partial charge in [-0.15, -0.1) is 0 Å². The average Bonchev–Trinajstić information content (AvgIpc) is 2.87. The third-order valence-corrected chi connectivity index (χ3v) is 3.92. The molecule has 0 unspecified atom stereocenters. The van der Waals surface area contributed by atoms with E-state index < -0.39 is 0 Å². The lowest BCUT2D eigenvalue weighted by molar-refractivity contribution is 0.668. The molecule has 0 atom stereocenters. The molecule has 0 radical (unpaired) electrons. The van der Waals surface area contributed by atoms with Crippen LogP contribution >= 0.6 is 23.2 Å². The zero-order valence-corrected chi connectivity index (χ0v) is 12.3. The highest BCUT2D eigenvalue weighted by molar-refractivity contribution is 6.36. The summed E-state index contributed by atoms with van der Waals surface area (Å²) in [7, 11) is 0. The predicted molar refractivity (Wildman–Crippen MR) is 87.0 cm³/mol. The maximum absolute atomic E-state index is 6.36. The zero-order valence-electron chi connectivity index (χ0n) is 10.8. The Labute approximate surface area is 130 Å². The van der Waals surface area contributed by atoms with Crippen molar-refractivity contribution in [1.82, 2.24) is 4.98 Å². The van der Waals surface area contributed by atoms with Gasteiger partial charge in [-0.3, -0.25) is 0 Å². The topological polar surface area (TPSA) is 26.0 Å². The van der Waals surface area contributed by atoms with E-state index in [9.17, 15) is 0 Å². The van der Waals surface area contributed by atoms with Crippen LogP contribution in [-0.4, -0.2) is 4.98 Å². The number of benzene rings is 2. The van der Waals surface area contributed by atoms with Gasteiger partial charge in [-0.1, -0.05) is 53.5 Å². The van der Waals surface area contributed by atoms with Gasteiger partial charge in [0.15, 0.2) is 5.58 Å². The third kappa shape index (κ3) is 2.08. The van der Waals surface area contributed by atoms with Crippen molar-refractivity contribution in [2.75, 3.05) is 0 Å². The Morgan fingerprint density at radius 1 is 0.905 bits per heavy atom. The molecule has 102 valence electrons. The summed E-state index contributed by atoms with van der Waals surface area (Å²) >= 11 is 12.4. The van der Waals surface area contributed by atoms with Crippen molar-refractivity contribution in [2.45, 2.75) is 0 Å². The second kappa shape index (κ2) is 4.76. The first-order chi connectivity index (χ1) is 10.2. The fraction of sp³-hybridized carbons (Fsp3) is 0. The smallest absolute Gasteiger partial charge is 0.172 e. The van der Waals surface area contributed by atoms with E-state index in [1.165, 1.54) is 0 Å². The van der Waals surface area contributed by atoms with Crippen LogP contribution in [0.4, 0.5) is 0 Å². The number of hydrogen-bond acceptors (Lipinski definition) is 2. The first-order valence-electron chi connectivity index (χ1n) is 6.46. The van der Waals surface area contributed by atoms with Crippen molar-refractivity contribution in [3.8, 4) is 11.3 Å². The second-order valence-corrected chi connectivity index (χ2v) is 5.62. The molecule has 0 saturated heterocycles. The van der Waals surface area contributed by atoms with Crippen molar-refractivity contribution in [3.05, 3.63) is 64.6 Å². The van der Waals surface area contributed by atoms with Crippen LogP contribution in [-0.2, 0) is 0 Å². The summed E-state index contributed by atoms with van der Waals surface area (Å²) in [5.41, 5.74) is 3.88. The summed E-state index contributed by atoms with van der Waals surface area (Å²) in [6.07, 6.45) is 0. The summed E-state index contributed by atoms with van der Waals surface area (Å²) in [4.78, 5) is 4.70. The highest BCUT2D eigenvalue weighted by Gasteiger charge is 2.14. The highest BCUT2D eigenvalue weighted by Crippen LogP contribution is 2.35. The molecule has 2 aromatic heterocycles. The van der Waals surface area contributed by atoms with E-state index in [1.807, 2.05) is 48.5 Å². The number of halogens is 2. The molecule has 2 heterocycles. The number of hydrogen-bond donors (Lipinski definition) is 0. The summed E-state index contributed by atoms with van der Waals surface area (Å²) in [5, 5.41) is 2.07. The van der Waals surface area contributed by atoms with Gasteiger partial charge in [-0.25, -0.2) is 4.98 Å². The molecule has 2 nitrogen and oxygen atoms in total. The number of rotatable bonds is 1. The van der Waals surface area contributed by atoms with Gasteiger partial charge in [0.2, 0.25) is 0 Å². The number of pyridine rings is 1. The molecular weight excluding hydrogens is 305 g/mol. The van der Waals surface area contributed by atoms with Crippen LogP contribution in [0.5, 0.6) is 0 Å². The van der Waals surface area contributed by atoms with E-state index in [1.54, 1.807) is 6.07 Å². The number of fused-ring (bicyclic) bond motifs is 3. The zero-order chi connectivity index (χ0) is 14.4. The molecule has 4 aromatic rings. The lowest BCUT2D eigenvalue weighted by Gasteiger charge is -2.02. The van der Waals surface area contributed by atoms with Gasteiger partial charge < -0.3 is 4.42 Å². The molecule has 0 aliphatic carbocycles. The van der Waals surface area contributed by atoms with E-state index >= 15 is 0 Å². The molecule has 0 aliphatic heterocycles. The quantitative estimate of drug-likeness (QED) is 0.433. The minimum absolute atomic E-state index is 0.547. The van der Waals surface area contributed by atoms with Crippen LogP contribution in [0.25, 0.3) is 33.3 Å². The van der Waals surface area contributed by atoms with E-state index in [0.717, 1.165) is 27.7 Å². The Balaban J connectivity index is 2.08. The molecule has 21 heavy (non-hydrogen) atoms. The van der Waals surface area contributed by atoms with Crippen molar-refractivity contribution < 1.29 is 4.42 Å². The Morgan fingerprint density at radius 3 is 2.52 bits per heavy atom. The van der Waals surface area contributed by atoms with Crippen molar-refractivity contribution in [1.29, 1.82) is 0 Å². The normalized spacial score (nSPS) is 11.3. The van der Waals surface area contributed by atoms with Gasteiger partial charge in [0, 0.05) is 16.0 Å². The van der Waals surface area contributed by atoms with E-state index in [-0.39, 0.29) is 0 Å². The lowest BCUT2D eigenvalue weighted by atomic mass is 10.1. The molecule has 4 rings (SSSR count). The Hall–Kier alpha value is -2.03. The third-order valence-electron chi connectivity index (χ3n) is 3.41. The summed E-state index contributed by atoms with van der Waals surface area (Å²) < 4.78 is 5.78. The fourth-order valence-electron chi connectivity index (χ4n) is 2.42. The molecule has 0 spiro atoms. The van der Waals surface area contributed by atoms with Gasteiger partial charge in [0.25, 0.3) is 0 Å². The molecule has 0 bridgehead atoms.